The van der Waals surface area contributed by atoms with Crippen molar-refractivity contribution in [2.45, 2.75) is 70.6 Å². The zero-order valence-electron chi connectivity index (χ0n) is 15.4. The summed E-state index contributed by atoms with van der Waals surface area (Å²) in [6, 6.07) is 4.48. The molecule has 0 saturated carbocycles. The fourth-order valence-corrected chi connectivity index (χ4v) is 3.69. The number of hydrogen-bond donors (Lipinski definition) is 1. The monoisotopic (exact) mass is 338 g/mol. The molecule has 2 aromatic rings. The third-order valence-corrected chi connectivity index (χ3v) is 5.23. The number of nitrogens with one attached hydrogen (secondary N) is 1. The van der Waals surface area contributed by atoms with Gasteiger partial charge in [-0.1, -0.05) is 32.3 Å². The van der Waals surface area contributed by atoms with E-state index in [0.29, 0.717) is 5.92 Å². The van der Waals surface area contributed by atoms with Crippen LogP contribution in [-0.2, 0) is 12.8 Å². The first-order valence-corrected chi connectivity index (χ1v) is 9.84. The van der Waals surface area contributed by atoms with Crippen LogP contribution in [0.15, 0.2) is 30.9 Å². The molecule has 1 atom stereocenters. The van der Waals surface area contributed by atoms with Crippen LogP contribution in [0.1, 0.15) is 74.6 Å². The van der Waals surface area contributed by atoms with E-state index in [1.54, 1.807) is 6.33 Å². The maximum Gasteiger partial charge on any atom is 0.129 e. The molecule has 2 aromatic heterocycles. The van der Waals surface area contributed by atoms with Crippen LogP contribution in [0.25, 0.3) is 0 Å². The minimum Gasteiger partial charge on any atom is -0.370 e. The molecule has 0 saturated heterocycles. The van der Waals surface area contributed by atoms with Gasteiger partial charge >= 0.3 is 0 Å². The molecule has 0 spiro atoms. The van der Waals surface area contributed by atoms with E-state index in [2.05, 4.69) is 34.3 Å². The van der Waals surface area contributed by atoms with Gasteiger partial charge in [0.1, 0.15) is 12.1 Å². The number of rotatable bonds is 9. The van der Waals surface area contributed by atoms with Crippen molar-refractivity contribution in [2.24, 2.45) is 0 Å². The van der Waals surface area contributed by atoms with Crippen LogP contribution >= 0.6 is 0 Å². The number of nitrogens with zero attached hydrogens (tertiary/aromatic N) is 3. The topological polar surface area (TPSA) is 50.7 Å². The predicted molar refractivity (Wildman–Crippen MR) is 103 cm³/mol. The number of unbranched alkanes of at least 4 members (excludes halogenated alkanes) is 3. The van der Waals surface area contributed by atoms with Crippen LogP contribution in [0.2, 0.25) is 0 Å². The first-order chi connectivity index (χ1) is 12.4. The summed E-state index contributed by atoms with van der Waals surface area (Å²) in [7, 11) is 0. The van der Waals surface area contributed by atoms with Gasteiger partial charge in [0.05, 0.1) is 0 Å². The molecule has 4 nitrogen and oxygen atoms in total. The summed E-state index contributed by atoms with van der Waals surface area (Å²) in [5.74, 6) is 1.73. The zero-order valence-corrected chi connectivity index (χ0v) is 15.4. The van der Waals surface area contributed by atoms with Gasteiger partial charge in [0.25, 0.3) is 0 Å². The second-order valence-corrected chi connectivity index (χ2v) is 7.07. The highest BCUT2D eigenvalue weighted by Gasteiger charge is 2.11. The van der Waals surface area contributed by atoms with Crippen LogP contribution in [0.3, 0.4) is 0 Å². The second-order valence-electron chi connectivity index (χ2n) is 7.07. The Labute approximate surface area is 151 Å². The summed E-state index contributed by atoms with van der Waals surface area (Å²) in [6.45, 7) is 3.32. The minimum atomic E-state index is 0.606. The minimum absolute atomic E-state index is 0.606. The van der Waals surface area contributed by atoms with Gasteiger partial charge in [0.2, 0.25) is 0 Å². The van der Waals surface area contributed by atoms with E-state index < -0.39 is 0 Å². The lowest BCUT2D eigenvalue weighted by molar-refractivity contribution is 0.534. The van der Waals surface area contributed by atoms with Crippen LogP contribution < -0.4 is 5.32 Å². The third kappa shape index (κ3) is 5.25. The lowest BCUT2D eigenvalue weighted by Gasteiger charge is -2.17. The lowest BCUT2D eigenvalue weighted by Crippen LogP contribution is -2.13. The molecule has 25 heavy (non-hydrogen) atoms. The predicted octanol–water partition coefficient (Wildman–Crippen LogP) is 4.92. The SMILES string of the molecule is CC[C@@H](CCCCCCc1ccc2c(n1)NCCC2)c1cncnc1. The van der Waals surface area contributed by atoms with Crippen LogP contribution in [-0.4, -0.2) is 21.5 Å². The van der Waals surface area contributed by atoms with Gasteiger partial charge in [-0.05, 0) is 61.6 Å². The van der Waals surface area contributed by atoms with Crippen molar-refractivity contribution in [2.75, 3.05) is 11.9 Å². The number of hydrogen-bond acceptors (Lipinski definition) is 4. The summed E-state index contributed by atoms with van der Waals surface area (Å²) in [5.41, 5.74) is 3.90. The average Bonchev–Trinajstić information content (AvgIpc) is 2.68. The molecule has 4 heteroatoms. The molecular formula is C21H30N4. The van der Waals surface area contributed by atoms with Crippen molar-refractivity contribution in [3.8, 4) is 0 Å². The number of aryl methyl sites for hydroxylation is 2. The van der Waals surface area contributed by atoms with Crippen molar-refractivity contribution in [3.05, 3.63) is 47.7 Å². The number of pyridine rings is 1. The molecule has 134 valence electrons. The maximum absolute atomic E-state index is 4.79. The van der Waals surface area contributed by atoms with Gasteiger partial charge in [-0.3, -0.25) is 0 Å². The summed E-state index contributed by atoms with van der Waals surface area (Å²) < 4.78 is 0. The highest BCUT2D eigenvalue weighted by atomic mass is 15.0. The molecule has 0 unspecified atom stereocenters. The van der Waals surface area contributed by atoms with Gasteiger partial charge < -0.3 is 5.32 Å². The molecule has 0 aliphatic carbocycles. The van der Waals surface area contributed by atoms with E-state index >= 15 is 0 Å². The van der Waals surface area contributed by atoms with Gasteiger partial charge in [-0.2, -0.15) is 0 Å². The average molecular weight is 338 g/mol. The van der Waals surface area contributed by atoms with Crippen LogP contribution in [0.4, 0.5) is 5.82 Å². The fraction of sp³-hybridized carbons (Fsp3) is 0.571. The molecule has 0 aromatic carbocycles. The van der Waals surface area contributed by atoms with Crippen molar-refractivity contribution < 1.29 is 0 Å². The van der Waals surface area contributed by atoms with Gasteiger partial charge in [0, 0.05) is 24.6 Å². The Hall–Kier alpha value is -1.97. The summed E-state index contributed by atoms with van der Waals surface area (Å²) in [6.07, 6.45) is 16.5. The summed E-state index contributed by atoms with van der Waals surface area (Å²) >= 11 is 0. The summed E-state index contributed by atoms with van der Waals surface area (Å²) in [5, 5.41) is 3.43. The Morgan fingerprint density at radius 3 is 2.76 bits per heavy atom. The Bertz CT molecular complexity index is 642. The Kier molecular flexibility index (Phi) is 6.78. The van der Waals surface area contributed by atoms with Crippen molar-refractivity contribution in [3.63, 3.8) is 0 Å². The van der Waals surface area contributed by atoms with E-state index in [1.165, 1.54) is 68.2 Å². The number of fused-ring (bicyclic) bond motifs is 1. The Morgan fingerprint density at radius 2 is 1.92 bits per heavy atom. The quantitative estimate of drug-likeness (QED) is 0.660. The largest absolute Gasteiger partial charge is 0.370 e. The Balaban J connectivity index is 1.35. The smallest absolute Gasteiger partial charge is 0.129 e. The second kappa shape index (κ2) is 9.50. The first-order valence-electron chi connectivity index (χ1n) is 9.84. The Morgan fingerprint density at radius 1 is 1.08 bits per heavy atom. The maximum atomic E-state index is 4.79. The van der Waals surface area contributed by atoms with Gasteiger partial charge in [0.15, 0.2) is 0 Å². The fourth-order valence-electron chi connectivity index (χ4n) is 3.69. The number of aromatic nitrogens is 3. The molecule has 0 fully saturated rings. The molecular weight excluding hydrogens is 308 g/mol. The zero-order chi connectivity index (χ0) is 17.3. The molecule has 1 aliphatic rings. The van der Waals surface area contributed by atoms with Crippen molar-refractivity contribution >= 4 is 5.82 Å². The van der Waals surface area contributed by atoms with E-state index in [-0.39, 0.29) is 0 Å². The molecule has 1 N–H and O–H groups in total. The first kappa shape index (κ1) is 17.8. The lowest BCUT2D eigenvalue weighted by atomic mass is 9.92. The normalized spacial score (nSPS) is 14.6. The summed E-state index contributed by atoms with van der Waals surface area (Å²) in [4.78, 5) is 13.1. The molecule has 3 rings (SSSR count). The molecule has 1 aliphatic heterocycles. The molecule has 0 amide bonds. The van der Waals surface area contributed by atoms with E-state index in [4.69, 9.17) is 4.98 Å². The van der Waals surface area contributed by atoms with Crippen LogP contribution in [0.5, 0.6) is 0 Å². The third-order valence-electron chi connectivity index (χ3n) is 5.23. The highest BCUT2D eigenvalue weighted by molar-refractivity contribution is 5.46. The van der Waals surface area contributed by atoms with E-state index in [1.807, 2.05) is 12.4 Å². The van der Waals surface area contributed by atoms with Crippen molar-refractivity contribution in [1.29, 1.82) is 0 Å². The number of anilines is 1. The standard InChI is InChI=1S/C21H30N4/c1-2-17(19-14-22-16-23-15-19)8-5-3-4-6-10-20-12-11-18-9-7-13-24-21(18)25-20/h11-12,14-17H,2-10,13H2,1H3,(H,24,25)/t17-/m0/s1. The molecule has 0 bridgehead atoms. The van der Waals surface area contributed by atoms with Gasteiger partial charge in [-0.25, -0.2) is 15.0 Å². The molecule has 3 heterocycles. The van der Waals surface area contributed by atoms with Gasteiger partial charge in [-0.15, -0.1) is 0 Å². The van der Waals surface area contributed by atoms with E-state index in [9.17, 15) is 0 Å². The highest BCUT2D eigenvalue weighted by Crippen LogP contribution is 2.25. The van der Waals surface area contributed by atoms with Crippen LogP contribution in [0, 0.1) is 0 Å². The molecule has 0 radical (unpaired) electrons. The van der Waals surface area contributed by atoms with Crippen molar-refractivity contribution in [1.82, 2.24) is 15.0 Å². The van der Waals surface area contributed by atoms with E-state index in [0.717, 1.165) is 18.8 Å².